The van der Waals surface area contributed by atoms with Crippen LogP contribution in [0.2, 0.25) is 5.02 Å². The van der Waals surface area contributed by atoms with Crippen LogP contribution >= 0.6 is 38.9 Å². The number of hydrogen-bond acceptors (Lipinski definition) is 2. The number of rotatable bonds is 4. The number of hydrogen-bond donors (Lipinski definition) is 0. The molecule has 1 aromatic carbocycles. The summed E-state index contributed by atoms with van der Waals surface area (Å²) >= 11 is 10.9. The van der Waals surface area contributed by atoms with Crippen molar-refractivity contribution in [2.24, 2.45) is 0 Å². The van der Waals surface area contributed by atoms with Crippen LogP contribution in [-0.4, -0.2) is 5.78 Å². The molecule has 0 bridgehead atoms. The molecular weight excluding hydrogens is 320 g/mol. The number of halogens is 2. The Morgan fingerprint density at radius 3 is 2.76 bits per heavy atom. The fourth-order valence-electron chi connectivity index (χ4n) is 1.57. The fourth-order valence-corrected chi connectivity index (χ4v) is 3.30. The molecule has 0 radical (unpaired) electrons. The van der Waals surface area contributed by atoms with Gasteiger partial charge in [-0.2, -0.15) is 0 Å². The lowest BCUT2D eigenvalue weighted by Gasteiger charge is -2.01. The third kappa shape index (κ3) is 3.66. The van der Waals surface area contributed by atoms with Crippen molar-refractivity contribution < 1.29 is 4.79 Å². The molecule has 17 heavy (non-hydrogen) atoms. The van der Waals surface area contributed by atoms with Crippen molar-refractivity contribution in [2.45, 2.75) is 12.8 Å². The Labute approximate surface area is 118 Å². The summed E-state index contributed by atoms with van der Waals surface area (Å²) in [4.78, 5) is 13.0. The minimum atomic E-state index is 0.204. The van der Waals surface area contributed by atoms with Gasteiger partial charge in [0, 0.05) is 27.2 Å². The van der Waals surface area contributed by atoms with E-state index in [1.807, 2.05) is 35.7 Å². The van der Waals surface area contributed by atoms with Crippen molar-refractivity contribution in [3.63, 3.8) is 0 Å². The molecule has 0 fully saturated rings. The highest BCUT2D eigenvalue weighted by Gasteiger charge is 2.09. The van der Waals surface area contributed by atoms with E-state index in [9.17, 15) is 4.79 Å². The molecule has 0 aliphatic carbocycles. The standard InChI is InChI=1S/C13H10BrClOS/c14-12-4-5-17-13(12)8-11(16)7-9-2-1-3-10(15)6-9/h1-6H,7-8H2. The Bertz CT molecular complexity index is 536. The molecular formula is C13H10BrClOS. The van der Waals surface area contributed by atoms with E-state index in [0.717, 1.165) is 14.9 Å². The van der Waals surface area contributed by atoms with E-state index >= 15 is 0 Å². The lowest BCUT2D eigenvalue weighted by Crippen LogP contribution is -2.05. The van der Waals surface area contributed by atoms with Gasteiger partial charge in [-0.1, -0.05) is 23.7 Å². The molecule has 1 aromatic heterocycles. The molecule has 0 amide bonds. The highest BCUT2D eigenvalue weighted by atomic mass is 79.9. The van der Waals surface area contributed by atoms with Gasteiger partial charge in [0.2, 0.25) is 0 Å². The van der Waals surface area contributed by atoms with Gasteiger partial charge in [0.05, 0.1) is 0 Å². The molecule has 2 aromatic rings. The first-order chi connectivity index (χ1) is 8.15. The molecule has 4 heteroatoms. The maximum Gasteiger partial charge on any atom is 0.142 e. The highest BCUT2D eigenvalue weighted by molar-refractivity contribution is 9.10. The van der Waals surface area contributed by atoms with Crippen LogP contribution in [0.15, 0.2) is 40.2 Å². The number of carbonyl (C=O) groups excluding carboxylic acids is 1. The van der Waals surface area contributed by atoms with E-state index in [2.05, 4.69) is 15.9 Å². The molecule has 0 atom stereocenters. The van der Waals surface area contributed by atoms with Gasteiger partial charge in [0.15, 0.2) is 0 Å². The van der Waals surface area contributed by atoms with Gasteiger partial charge in [0.25, 0.3) is 0 Å². The topological polar surface area (TPSA) is 17.1 Å². The van der Waals surface area contributed by atoms with Crippen LogP contribution in [0.3, 0.4) is 0 Å². The third-order valence-corrected chi connectivity index (χ3v) is 4.50. The molecule has 88 valence electrons. The largest absolute Gasteiger partial charge is 0.299 e. The SMILES string of the molecule is O=C(Cc1cccc(Cl)c1)Cc1sccc1Br. The second-order valence-electron chi connectivity index (χ2n) is 3.71. The molecule has 1 nitrogen and oxygen atoms in total. The maximum absolute atomic E-state index is 11.9. The average molecular weight is 330 g/mol. The van der Waals surface area contributed by atoms with E-state index in [1.54, 1.807) is 11.3 Å². The smallest absolute Gasteiger partial charge is 0.142 e. The van der Waals surface area contributed by atoms with Crippen LogP contribution < -0.4 is 0 Å². The van der Waals surface area contributed by atoms with E-state index in [1.165, 1.54) is 0 Å². The van der Waals surface area contributed by atoms with Crippen molar-refractivity contribution in [2.75, 3.05) is 0 Å². The average Bonchev–Trinajstić information content (AvgIpc) is 2.64. The van der Waals surface area contributed by atoms with Crippen molar-refractivity contribution in [1.29, 1.82) is 0 Å². The minimum absolute atomic E-state index is 0.204. The van der Waals surface area contributed by atoms with Crippen LogP contribution in [0.4, 0.5) is 0 Å². The van der Waals surface area contributed by atoms with Gasteiger partial charge >= 0.3 is 0 Å². The molecule has 2 rings (SSSR count). The van der Waals surface area contributed by atoms with Crippen molar-refractivity contribution >= 4 is 44.7 Å². The zero-order valence-corrected chi connectivity index (χ0v) is 12.1. The zero-order chi connectivity index (χ0) is 12.3. The van der Waals surface area contributed by atoms with Crippen LogP contribution in [-0.2, 0) is 17.6 Å². The summed E-state index contributed by atoms with van der Waals surface area (Å²) in [7, 11) is 0. The Hall–Kier alpha value is -0.640. The van der Waals surface area contributed by atoms with Crippen LogP contribution in [0.1, 0.15) is 10.4 Å². The molecule has 0 aliphatic heterocycles. The summed E-state index contributed by atoms with van der Waals surface area (Å²) in [5.74, 6) is 0.204. The fraction of sp³-hybridized carbons (Fsp3) is 0.154. The monoisotopic (exact) mass is 328 g/mol. The first-order valence-electron chi connectivity index (χ1n) is 5.13. The molecule has 0 N–H and O–H groups in total. The maximum atomic E-state index is 11.9. The number of benzene rings is 1. The van der Waals surface area contributed by atoms with E-state index in [4.69, 9.17) is 11.6 Å². The van der Waals surface area contributed by atoms with E-state index in [-0.39, 0.29) is 5.78 Å². The first kappa shape index (κ1) is 12.8. The van der Waals surface area contributed by atoms with Crippen LogP contribution in [0.5, 0.6) is 0 Å². The molecule has 0 saturated heterocycles. The molecule has 0 spiro atoms. The number of carbonyl (C=O) groups is 1. The van der Waals surface area contributed by atoms with E-state index < -0.39 is 0 Å². The summed E-state index contributed by atoms with van der Waals surface area (Å²) < 4.78 is 1.02. The van der Waals surface area contributed by atoms with Gasteiger partial charge in [0.1, 0.15) is 5.78 Å². The second kappa shape index (κ2) is 5.80. The summed E-state index contributed by atoms with van der Waals surface area (Å²) in [6.45, 7) is 0. The Balaban J connectivity index is 2.01. The highest BCUT2D eigenvalue weighted by Crippen LogP contribution is 2.23. The summed E-state index contributed by atoms with van der Waals surface area (Å²) in [5, 5.41) is 2.65. The number of ketones is 1. The van der Waals surface area contributed by atoms with Gasteiger partial charge in [-0.25, -0.2) is 0 Å². The van der Waals surface area contributed by atoms with Crippen molar-refractivity contribution in [3.05, 3.63) is 55.6 Å². The first-order valence-corrected chi connectivity index (χ1v) is 7.18. The lowest BCUT2D eigenvalue weighted by molar-refractivity contribution is -0.117. The predicted octanol–water partition coefficient (Wildman–Crippen LogP) is 4.52. The summed E-state index contributed by atoms with van der Waals surface area (Å²) in [5.41, 5.74) is 0.968. The van der Waals surface area contributed by atoms with E-state index in [0.29, 0.717) is 17.9 Å². The normalized spacial score (nSPS) is 10.5. The number of thiophene rings is 1. The van der Waals surface area contributed by atoms with Gasteiger partial charge < -0.3 is 0 Å². The van der Waals surface area contributed by atoms with Crippen LogP contribution in [0, 0.1) is 0 Å². The second-order valence-corrected chi connectivity index (χ2v) is 6.01. The molecule has 1 heterocycles. The van der Waals surface area contributed by atoms with Crippen LogP contribution in [0.25, 0.3) is 0 Å². The van der Waals surface area contributed by atoms with Gasteiger partial charge in [-0.15, -0.1) is 11.3 Å². The number of Topliss-reactive ketones (excluding diaryl/α,β-unsaturated/α-hetero) is 1. The zero-order valence-electron chi connectivity index (χ0n) is 8.95. The Morgan fingerprint density at radius 2 is 2.12 bits per heavy atom. The third-order valence-electron chi connectivity index (χ3n) is 2.34. The quantitative estimate of drug-likeness (QED) is 0.806. The Morgan fingerprint density at radius 1 is 1.29 bits per heavy atom. The summed E-state index contributed by atoms with van der Waals surface area (Å²) in [6, 6.07) is 9.40. The summed E-state index contributed by atoms with van der Waals surface area (Å²) in [6.07, 6.45) is 0.912. The molecule has 0 saturated carbocycles. The van der Waals surface area contributed by atoms with Crippen molar-refractivity contribution in [1.82, 2.24) is 0 Å². The molecule has 0 aliphatic rings. The van der Waals surface area contributed by atoms with Crippen molar-refractivity contribution in [3.8, 4) is 0 Å². The molecule has 0 unspecified atom stereocenters. The lowest BCUT2D eigenvalue weighted by atomic mass is 10.1. The van der Waals surface area contributed by atoms with Gasteiger partial charge in [-0.05, 0) is 45.1 Å². The van der Waals surface area contributed by atoms with Gasteiger partial charge in [-0.3, -0.25) is 4.79 Å². The Kier molecular flexibility index (Phi) is 4.37. The minimum Gasteiger partial charge on any atom is -0.299 e. The predicted molar refractivity (Wildman–Crippen MR) is 75.9 cm³/mol.